The number of benzene rings is 1. The lowest BCUT2D eigenvalue weighted by molar-refractivity contribution is -0.642. The normalized spacial score (nSPS) is 15.9. The number of likely N-dealkylation sites (tertiary alicyclic amines) is 1. The lowest BCUT2D eigenvalue weighted by Crippen LogP contribution is -2.48. The topological polar surface area (TPSA) is 91.1 Å². The molecule has 2 aromatic heterocycles. The van der Waals surface area contributed by atoms with Gasteiger partial charge in [-0.3, -0.25) is 9.59 Å². The molecular weight excluding hydrogens is 368 g/mol. The molecule has 0 unspecified atom stereocenters. The van der Waals surface area contributed by atoms with E-state index in [-0.39, 0.29) is 17.9 Å². The zero-order valence-electron chi connectivity index (χ0n) is 15.8. The van der Waals surface area contributed by atoms with E-state index in [4.69, 9.17) is 0 Å². The number of hydrogen-bond acceptors (Lipinski definition) is 5. The summed E-state index contributed by atoms with van der Waals surface area (Å²) in [6.07, 6.45) is 7.03. The van der Waals surface area contributed by atoms with Gasteiger partial charge in [0.1, 0.15) is 5.56 Å². The van der Waals surface area contributed by atoms with Crippen molar-refractivity contribution < 1.29 is 14.3 Å². The van der Waals surface area contributed by atoms with Gasteiger partial charge in [0.2, 0.25) is 12.1 Å². The number of para-hydroxylation sites is 1. The van der Waals surface area contributed by atoms with Crippen molar-refractivity contribution in [3.8, 4) is 0 Å². The van der Waals surface area contributed by atoms with Gasteiger partial charge in [-0.25, -0.2) is 9.97 Å². The Morgan fingerprint density at radius 2 is 2.10 bits per heavy atom. The van der Waals surface area contributed by atoms with E-state index in [2.05, 4.69) is 27.3 Å². The van der Waals surface area contributed by atoms with Gasteiger partial charge in [0.15, 0.2) is 6.20 Å². The fraction of sp³-hybridized carbons (Fsp3) is 0.190. The fourth-order valence-corrected chi connectivity index (χ4v) is 3.31. The van der Waals surface area contributed by atoms with Crippen LogP contribution in [0.15, 0.2) is 67.6 Å². The monoisotopic (exact) mass is 389 g/mol. The predicted octanol–water partition coefficient (Wildman–Crippen LogP) is 1.50. The minimum atomic E-state index is -0.347. The Hall–Kier alpha value is -3.81. The van der Waals surface area contributed by atoms with Crippen molar-refractivity contribution in [2.45, 2.75) is 12.5 Å². The Bertz CT molecular complexity index is 1080. The zero-order chi connectivity index (χ0) is 20.2. The minimum absolute atomic E-state index is 0.0800. The third-order valence-electron chi connectivity index (χ3n) is 4.77. The van der Waals surface area contributed by atoms with Crippen molar-refractivity contribution in [2.24, 2.45) is 0 Å². The number of anilines is 1. The number of carbonyl (C=O) groups is 2. The van der Waals surface area contributed by atoms with Gasteiger partial charge in [0.05, 0.1) is 5.52 Å². The van der Waals surface area contributed by atoms with Gasteiger partial charge in [-0.1, -0.05) is 29.5 Å². The highest BCUT2D eigenvalue weighted by Gasteiger charge is 2.28. The van der Waals surface area contributed by atoms with E-state index in [9.17, 15) is 9.59 Å². The van der Waals surface area contributed by atoms with Crippen molar-refractivity contribution in [3.05, 3.63) is 73.2 Å². The van der Waals surface area contributed by atoms with Crippen LogP contribution < -0.4 is 15.4 Å². The number of pyridine rings is 1. The van der Waals surface area contributed by atoms with E-state index in [1.54, 1.807) is 35.6 Å². The lowest BCUT2D eigenvalue weighted by atomic mass is 10.2. The van der Waals surface area contributed by atoms with Crippen LogP contribution in [0.1, 0.15) is 16.8 Å². The number of rotatable bonds is 5. The van der Waals surface area contributed by atoms with Crippen molar-refractivity contribution >= 4 is 28.7 Å². The van der Waals surface area contributed by atoms with Crippen LogP contribution in [0.25, 0.3) is 10.9 Å². The largest absolute Gasteiger partial charge is 0.350 e. The van der Waals surface area contributed by atoms with Crippen LogP contribution in [0.4, 0.5) is 5.95 Å². The Morgan fingerprint density at radius 3 is 2.97 bits per heavy atom. The first-order valence-corrected chi connectivity index (χ1v) is 9.35. The second-order valence-electron chi connectivity index (χ2n) is 6.81. The molecule has 1 atom stereocenters. The molecule has 0 bridgehead atoms. The highest BCUT2D eigenvalue weighted by Crippen LogP contribution is 2.17. The smallest absolute Gasteiger partial charge is 0.297 e. The third kappa shape index (κ3) is 4.21. The SMILES string of the molecule is C=CC(=O)N[n+]1cccc(C(=O)N2CC[C@@H](Nc3ncc4ccccc4n3)C2)c1. The minimum Gasteiger partial charge on any atom is -0.350 e. The van der Waals surface area contributed by atoms with Crippen molar-refractivity contribution in [1.82, 2.24) is 14.9 Å². The van der Waals surface area contributed by atoms with Crippen LogP contribution in [0.2, 0.25) is 0 Å². The number of carbonyl (C=O) groups excluding carboxylic acids is 2. The number of fused-ring (bicyclic) bond motifs is 1. The van der Waals surface area contributed by atoms with Gasteiger partial charge in [-0.05, 0) is 18.6 Å². The summed E-state index contributed by atoms with van der Waals surface area (Å²) in [6.45, 7) is 4.61. The van der Waals surface area contributed by atoms with E-state index in [0.29, 0.717) is 24.6 Å². The average Bonchev–Trinajstić information content (AvgIpc) is 3.21. The molecule has 8 nitrogen and oxygen atoms in total. The predicted molar refractivity (Wildman–Crippen MR) is 109 cm³/mol. The van der Waals surface area contributed by atoms with E-state index in [1.807, 2.05) is 24.3 Å². The summed E-state index contributed by atoms with van der Waals surface area (Å²) >= 11 is 0. The maximum Gasteiger partial charge on any atom is 0.297 e. The molecule has 3 heterocycles. The molecule has 1 aliphatic heterocycles. The average molecular weight is 389 g/mol. The Morgan fingerprint density at radius 1 is 1.24 bits per heavy atom. The second-order valence-corrected chi connectivity index (χ2v) is 6.81. The van der Waals surface area contributed by atoms with Crippen LogP contribution in [-0.2, 0) is 4.79 Å². The van der Waals surface area contributed by atoms with Gasteiger partial charge in [-0.2, -0.15) is 0 Å². The zero-order valence-corrected chi connectivity index (χ0v) is 15.8. The summed E-state index contributed by atoms with van der Waals surface area (Å²) in [4.78, 5) is 35.0. The summed E-state index contributed by atoms with van der Waals surface area (Å²) in [6, 6.07) is 11.3. The number of amides is 2. The molecular formula is C21H21N6O2+. The Balaban J connectivity index is 1.41. The molecule has 0 spiro atoms. The van der Waals surface area contributed by atoms with Gasteiger partial charge >= 0.3 is 0 Å². The molecule has 2 amide bonds. The summed E-state index contributed by atoms with van der Waals surface area (Å²) in [7, 11) is 0. The molecule has 4 rings (SSSR count). The molecule has 0 saturated carbocycles. The molecule has 1 aliphatic rings. The molecule has 2 N–H and O–H groups in total. The third-order valence-corrected chi connectivity index (χ3v) is 4.77. The van der Waals surface area contributed by atoms with Crippen LogP contribution >= 0.6 is 0 Å². The lowest BCUT2D eigenvalue weighted by Gasteiger charge is -2.16. The van der Waals surface area contributed by atoms with Crippen LogP contribution in [0.5, 0.6) is 0 Å². The number of aromatic nitrogens is 3. The standard InChI is InChI=1S/C21H20N6O2/c1-2-19(28)25-27-10-5-7-16(13-27)20(29)26-11-9-17(14-26)23-21-22-12-15-6-3-4-8-18(15)24-21/h2-8,10,12-13,17H,1,9,11,14H2,(H-,22,23,24,25,28)/p+1/t17-/m1/s1. The van der Waals surface area contributed by atoms with E-state index in [0.717, 1.165) is 17.3 Å². The van der Waals surface area contributed by atoms with Crippen molar-refractivity contribution in [3.63, 3.8) is 0 Å². The number of hydrogen-bond donors (Lipinski definition) is 2. The molecule has 3 aromatic rings. The van der Waals surface area contributed by atoms with Gasteiger partial charge in [0, 0.05) is 42.9 Å². The first-order chi connectivity index (χ1) is 14.1. The van der Waals surface area contributed by atoms with Crippen molar-refractivity contribution in [1.29, 1.82) is 0 Å². The van der Waals surface area contributed by atoms with Crippen LogP contribution in [0, 0.1) is 0 Å². The highest BCUT2D eigenvalue weighted by atomic mass is 16.2. The molecule has 8 heteroatoms. The maximum atomic E-state index is 12.8. The molecule has 1 aromatic carbocycles. The first kappa shape index (κ1) is 18.5. The van der Waals surface area contributed by atoms with Crippen molar-refractivity contribution in [2.75, 3.05) is 23.8 Å². The summed E-state index contributed by atoms with van der Waals surface area (Å²) in [5, 5.41) is 4.31. The van der Waals surface area contributed by atoms with Crippen LogP contribution in [-0.4, -0.2) is 45.8 Å². The highest BCUT2D eigenvalue weighted by molar-refractivity contribution is 5.94. The van der Waals surface area contributed by atoms with E-state index < -0.39 is 0 Å². The fourth-order valence-electron chi connectivity index (χ4n) is 3.31. The second kappa shape index (κ2) is 8.05. The summed E-state index contributed by atoms with van der Waals surface area (Å²) in [5.74, 6) is 0.129. The summed E-state index contributed by atoms with van der Waals surface area (Å²) in [5.41, 5.74) is 3.97. The molecule has 146 valence electrons. The van der Waals surface area contributed by atoms with Crippen LogP contribution in [0.3, 0.4) is 0 Å². The Kier molecular flexibility index (Phi) is 5.15. The number of nitrogens with one attached hydrogen (secondary N) is 2. The van der Waals surface area contributed by atoms with Gasteiger partial charge in [-0.15, -0.1) is 5.43 Å². The quantitative estimate of drug-likeness (QED) is 0.510. The van der Waals surface area contributed by atoms with Gasteiger partial charge < -0.3 is 10.2 Å². The Labute approximate surface area is 167 Å². The van der Waals surface area contributed by atoms with Gasteiger partial charge in [0.25, 0.3) is 11.8 Å². The summed E-state index contributed by atoms with van der Waals surface area (Å²) < 4.78 is 1.45. The number of nitrogens with zero attached hydrogens (tertiary/aromatic N) is 4. The molecule has 29 heavy (non-hydrogen) atoms. The molecule has 1 saturated heterocycles. The first-order valence-electron chi connectivity index (χ1n) is 9.35. The van der Waals surface area contributed by atoms with E-state index in [1.165, 1.54) is 10.8 Å². The molecule has 0 aliphatic carbocycles. The molecule has 1 fully saturated rings. The van der Waals surface area contributed by atoms with E-state index >= 15 is 0 Å². The maximum absolute atomic E-state index is 12.8. The molecule has 0 radical (unpaired) electrons.